The van der Waals surface area contributed by atoms with E-state index in [0.29, 0.717) is 17.9 Å². The Morgan fingerprint density at radius 2 is 1.95 bits per heavy atom. The minimum absolute atomic E-state index is 0.320. The number of halogens is 1. The highest BCUT2D eigenvalue weighted by atomic mass is 19.1. The normalized spacial score (nSPS) is 12.0. The molecule has 0 aliphatic carbocycles. The van der Waals surface area contributed by atoms with Gasteiger partial charge < -0.3 is 15.2 Å². The van der Waals surface area contributed by atoms with Gasteiger partial charge in [-0.05, 0) is 19.1 Å². The van der Waals surface area contributed by atoms with Crippen LogP contribution in [0.15, 0.2) is 42.5 Å². The zero-order chi connectivity index (χ0) is 14.5. The molecule has 2 rings (SSSR count). The van der Waals surface area contributed by atoms with Crippen LogP contribution in [0.3, 0.4) is 0 Å². The molecule has 20 heavy (non-hydrogen) atoms. The molecule has 2 aromatic carbocycles. The molecule has 0 spiro atoms. The first-order valence-corrected chi connectivity index (χ1v) is 6.41. The Morgan fingerprint density at radius 1 is 1.20 bits per heavy atom. The monoisotopic (exact) mass is 275 g/mol. The number of nitrogens with two attached hydrogens (primary N) is 1. The number of methoxy groups -OCH3 is 1. The third-order valence-corrected chi connectivity index (χ3v) is 3.05. The smallest absolute Gasteiger partial charge is 0.131 e. The summed E-state index contributed by atoms with van der Waals surface area (Å²) in [5.74, 6) is 0.871. The summed E-state index contributed by atoms with van der Waals surface area (Å²) in [6.07, 6.45) is 0. The van der Waals surface area contributed by atoms with Crippen LogP contribution in [0.5, 0.6) is 11.5 Å². The van der Waals surface area contributed by atoms with Gasteiger partial charge in [-0.25, -0.2) is 4.39 Å². The highest BCUT2D eigenvalue weighted by molar-refractivity contribution is 5.34. The molecule has 0 radical (unpaired) electrons. The van der Waals surface area contributed by atoms with E-state index in [1.54, 1.807) is 26.2 Å². The van der Waals surface area contributed by atoms with Gasteiger partial charge in [0.15, 0.2) is 0 Å². The lowest BCUT2D eigenvalue weighted by atomic mass is 10.1. The van der Waals surface area contributed by atoms with E-state index in [1.807, 2.05) is 24.3 Å². The Labute approximate surface area is 118 Å². The van der Waals surface area contributed by atoms with Gasteiger partial charge in [-0.1, -0.05) is 24.3 Å². The molecule has 1 atom stereocenters. The molecule has 0 bridgehead atoms. The average Bonchev–Trinajstić information content (AvgIpc) is 2.45. The van der Waals surface area contributed by atoms with Gasteiger partial charge in [-0.2, -0.15) is 0 Å². The second kappa shape index (κ2) is 6.39. The number of ether oxygens (including phenoxy) is 2. The average molecular weight is 275 g/mol. The maximum atomic E-state index is 13.8. The van der Waals surface area contributed by atoms with Gasteiger partial charge in [0, 0.05) is 23.2 Å². The molecule has 0 heterocycles. The maximum Gasteiger partial charge on any atom is 0.131 e. The van der Waals surface area contributed by atoms with E-state index >= 15 is 0 Å². The van der Waals surface area contributed by atoms with Gasteiger partial charge in [0.05, 0.1) is 7.11 Å². The molecule has 0 amide bonds. The molecule has 0 aliphatic rings. The van der Waals surface area contributed by atoms with E-state index in [9.17, 15) is 4.39 Å². The minimum atomic E-state index is -0.350. The summed E-state index contributed by atoms with van der Waals surface area (Å²) >= 11 is 0. The van der Waals surface area contributed by atoms with Crippen LogP contribution in [-0.4, -0.2) is 7.11 Å². The molecule has 1 unspecified atom stereocenters. The molecule has 2 N–H and O–H groups in total. The Morgan fingerprint density at radius 3 is 2.60 bits per heavy atom. The number of hydrogen-bond acceptors (Lipinski definition) is 3. The van der Waals surface area contributed by atoms with Crippen molar-refractivity contribution in [1.29, 1.82) is 0 Å². The van der Waals surface area contributed by atoms with Gasteiger partial charge in [0.2, 0.25) is 0 Å². The van der Waals surface area contributed by atoms with Crippen LogP contribution in [-0.2, 0) is 6.61 Å². The Kier molecular flexibility index (Phi) is 4.58. The standard InChI is InChI=1S/C16H18FNO2/c1-11(18)14-8-7-13(9-15(14)17)20-10-12-5-3-4-6-16(12)19-2/h3-9,11H,10,18H2,1-2H3. The van der Waals surface area contributed by atoms with Crippen LogP contribution in [0.4, 0.5) is 4.39 Å². The van der Waals surface area contributed by atoms with Crippen molar-refractivity contribution in [3.63, 3.8) is 0 Å². The molecule has 106 valence electrons. The third kappa shape index (κ3) is 3.27. The minimum Gasteiger partial charge on any atom is -0.496 e. The lowest BCUT2D eigenvalue weighted by Gasteiger charge is -2.12. The molecule has 2 aromatic rings. The van der Waals surface area contributed by atoms with Crippen molar-refractivity contribution in [2.45, 2.75) is 19.6 Å². The van der Waals surface area contributed by atoms with Crippen molar-refractivity contribution >= 4 is 0 Å². The first-order chi connectivity index (χ1) is 9.61. The fraction of sp³-hybridized carbons (Fsp3) is 0.250. The van der Waals surface area contributed by atoms with Gasteiger partial charge in [0.25, 0.3) is 0 Å². The summed E-state index contributed by atoms with van der Waals surface area (Å²) in [6.45, 7) is 2.06. The van der Waals surface area contributed by atoms with Gasteiger partial charge in [-0.3, -0.25) is 0 Å². The predicted molar refractivity (Wildman–Crippen MR) is 76.3 cm³/mol. The number of hydrogen-bond donors (Lipinski definition) is 1. The first kappa shape index (κ1) is 14.3. The summed E-state index contributed by atoms with van der Waals surface area (Å²) in [5, 5.41) is 0. The van der Waals surface area contributed by atoms with E-state index in [0.717, 1.165) is 11.3 Å². The molecular formula is C16H18FNO2. The molecule has 4 heteroatoms. The second-order valence-electron chi connectivity index (χ2n) is 4.57. The largest absolute Gasteiger partial charge is 0.496 e. The molecule has 3 nitrogen and oxygen atoms in total. The summed E-state index contributed by atoms with van der Waals surface area (Å²) < 4.78 is 24.6. The summed E-state index contributed by atoms with van der Waals surface area (Å²) in [4.78, 5) is 0. The molecule has 0 fully saturated rings. The third-order valence-electron chi connectivity index (χ3n) is 3.05. The Bertz CT molecular complexity index is 584. The highest BCUT2D eigenvalue weighted by Crippen LogP contribution is 2.23. The summed E-state index contributed by atoms with van der Waals surface area (Å²) in [6, 6.07) is 12.0. The van der Waals surface area contributed by atoms with E-state index in [2.05, 4.69) is 0 Å². The number of benzene rings is 2. The predicted octanol–water partition coefficient (Wildman–Crippen LogP) is 3.43. The van der Waals surface area contributed by atoms with E-state index in [1.165, 1.54) is 6.07 Å². The lowest BCUT2D eigenvalue weighted by Crippen LogP contribution is -2.07. The van der Waals surface area contributed by atoms with Crippen LogP contribution in [0.25, 0.3) is 0 Å². The quantitative estimate of drug-likeness (QED) is 0.909. The maximum absolute atomic E-state index is 13.8. The fourth-order valence-electron chi connectivity index (χ4n) is 1.95. The van der Waals surface area contributed by atoms with E-state index < -0.39 is 0 Å². The molecular weight excluding hydrogens is 257 g/mol. The zero-order valence-electron chi connectivity index (χ0n) is 11.6. The van der Waals surface area contributed by atoms with Crippen LogP contribution >= 0.6 is 0 Å². The lowest BCUT2D eigenvalue weighted by molar-refractivity contribution is 0.295. The summed E-state index contributed by atoms with van der Waals surface area (Å²) in [7, 11) is 1.61. The van der Waals surface area contributed by atoms with Crippen molar-refractivity contribution in [3.8, 4) is 11.5 Å². The van der Waals surface area contributed by atoms with Crippen molar-refractivity contribution in [3.05, 3.63) is 59.4 Å². The van der Waals surface area contributed by atoms with Crippen molar-refractivity contribution < 1.29 is 13.9 Å². The van der Waals surface area contributed by atoms with Gasteiger partial charge in [0.1, 0.15) is 23.9 Å². The van der Waals surface area contributed by atoms with Crippen LogP contribution < -0.4 is 15.2 Å². The van der Waals surface area contributed by atoms with Crippen molar-refractivity contribution in [2.24, 2.45) is 5.73 Å². The van der Waals surface area contributed by atoms with E-state index in [4.69, 9.17) is 15.2 Å². The second-order valence-corrected chi connectivity index (χ2v) is 4.57. The van der Waals surface area contributed by atoms with Crippen LogP contribution in [0.1, 0.15) is 24.1 Å². The Hall–Kier alpha value is -2.07. The fourth-order valence-corrected chi connectivity index (χ4v) is 1.95. The zero-order valence-corrected chi connectivity index (χ0v) is 11.6. The molecule has 0 aromatic heterocycles. The van der Waals surface area contributed by atoms with Crippen molar-refractivity contribution in [1.82, 2.24) is 0 Å². The molecule has 0 saturated carbocycles. The summed E-state index contributed by atoms with van der Waals surface area (Å²) in [5.41, 5.74) is 7.06. The van der Waals surface area contributed by atoms with Gasteiger partial charge >= 0.3 is 0 Å². The SMILES string of the molecule is COc1ccccc1COc1ccc(C(C)N)c(F)c1. The van der Waals surface area contributed by atoms with Crippen molar-refractivity contribution in [2.75, 3.05) is 7.11 Å². The number of para-hydroxylation sites is 1. The topological polar surface area (TPSA) is 44.5 Å². The van der Waals surface area contributed by atoms with E-state index in [-0.39, 0.29) is 11.9 Å². The first-order valence-electron chi connectivity index (χ1n) is 6.41. The Balaban J connectivity index is 2.09. The van der Waals surface area contributed by atoms with Gasteiger partial charge in [-0.15, -0.1) is 0 Å². The van der Waals surface area contributed by atoms with Crippen LogP contribution in [0.2, 0.25) is 0 Å². The molecule has 0 saturated heterocycles. The highest BCUT2D eigenvalue weighted by Gasteiger charge is 2.09. The van der Waals surface area contributed by atoms with Crippen LogP contribution in [0, 0.1) is 5.82 Å². The molecule has 0 aliphatic heterocycles. The number of rotatable bonds is 5.